The molecule has 28 heavy (non-hydrogen) atoms. The molecule has 0 aliphatic heterocycles. The summed E-state index contributed by atoms with van der Waals surface area (Å²) < 4.78 is 7.14. The third-order valence-corrected chi connectivity index (χ3v) is 6.58. The fourth-order valence-electron chi connectivity index (χ4n) is 2.99. The van der Waals surface area contributed by atoms with Crippen molar-refractivity contribution in [3.05, 3.63) is 57.0 Å². The first-order valence-electron chi connectivity index (χ1n) is 8.98. The average molecular weight is 413 g/mol. The van der Waals surface area contributed by atoms with Crippen molar-refractivity contribution in [2.24, 2.45) is 0 Å². The van der Waals surface area contributed by atoms with Gasteiger partial charge in [0.1, 0.15) is 4.83 Å². The Morgan fingerprint density at radius 1 is 1.18 bits per heavy atom. The van der Waals surface area contributed by atoms with Crippen LogP contribution < -0.4 is 5.56 Å². The number of thioether (sulfide) groups is 1. The van der Waals surface area contributed by atoms with Crippen LogP contribution in [0, 0.1) is 13.8 Å². The Kier molecular flexibility index (Phi) is 5.07. The normalized spacial score (nSPS) is 11.6. The second-order valence-corrected chi connectivity index (χ2v) is 8.94. The first-order valence-corrected chi connectivity index (χ1v) is 10.8. The van der Waals surface area contributed by atoms with Crippen molar-refractivity contribution in [2.45, 2.75) is 44.6 Å². The highest BCUT2D eigenvalue weighted by Crippen LogP contribution is 2.30. The van der Waals surface area contributed by atoms with Crippen LogP contribution >= 0.6 is 23.1 Å². The van der Waals surface area contributed by atoms with Crippen molar-refractivity contribution in [1.82, 2.24) is 19.7 Å². The van der Waals surface area contributed by atoms with Gasteiger partial charge in [-0.05, 0) is 33.3 Å². The molecule has 144 valence electrons. The van der Waals surface area contributed by atoms with Gasteiger partial charge in [-0.3, -0.25) is 9.36 Å². The lowest BCUT2D eigenvalue weighted by Crippen LogP contribution is -2.24. The van der Waals surface area contributed by atoms with Crippen LogP contribution in [-0.4, -0.2) is 19.7 Å². The van der Waals surface area contributed by atoms with Gasteiger partial charge in [-0.25, -0.2) is 4.98 Å². The zero-order chi connectivity index (χ0) is 19.8. The van der Waals surface area contributed by atoms with Gasteiger partial charge < -0.3 is 4.52 Å². The van der Waals surface area contributed by atoms with Gasteiger partial charge in [-0.2, -0.15) is 4.98 Å². The largest absolute Gasteiger partial charge is 0.338 e. The van der Waals surface area contributed by atoms with Gasteiger partial charge in [0, 0.05) is 16.5 Å². The molecule has 4 rings (SSSR count). The topological polar surface area (TPSA) is 73.8 Å². The number of benzene rings is 1. The van der Waals surface area contributed by atoms with Crippen LogP contribution in [0.5, 0.6) is 0 Å². The Balaban J connectivity index is 1.66. The van der Waals surface area contributed by atoms with E-state index < -0.39 is 0 Å². The molecule has 0 atom stereocenters. The van der Waals surface area contributed by atoms with E-state index in [2.05, 4.69) is 10.1 Å². The first-order chi connectivity index (χ1) is 13.5. The van der Waals surface area contributed by atoms with Crippen LogP contribution in [0.4, 0.5) is 0 Å². The quantitative estimate of drug-likeness (QED) is 0.339. The predicted molar refractivity (Wildman–Crippen MR) is 113 cm³/mol. The number of nitrogens with zero attached hydrogens (tertiary/aromatic N) is 4. The molecule has 4 aromatic rings. The average Bonchev–Trinajstić information content (AvgIpc) is 3.25. The Morgan fingerprint density at radius 3 is 2.64 bits per heavy atom. The van der Waals surface area contributed by atoms with Crippen molar-refractivity contribution in [2.75, 3.05) is 0 Å². The number of aryl methyl sites for hydroxylation is 2. The minimum absolute atomic E-state index is 0.00840. The number of hydrogen-bond acceptors (Lipinski definition) is 7. The van der Waals surface area contributed by atoms with E-state index in [1.54, 1.807) is 15.9 Å². The van der Waals surface area contributed by atoms with Crippen molar-refractivity contribution >= 4 is 33.3 Å². The zero-order valence-electron chi connectivity index (χ0n) is 16.1. The summed E-state index contributed by atoms with van der Waals surface area (Å²) in [5.41, 5.74) is 1.94. The Hall–Kier alpha value is -2.45. The van der Waals surface area contributed by atoms with E-state index in [-0.39, 0.29) is 11.6 Å². The maximum absolute atomic E-state index is 13.1. The minimum Gasteiger partial charge on any atom is -0.338 e. The van der Waals surface area contributed by atoms with Crippen LogP contribution in [0.2, 0.25) is 0 Å². The summed E-state index contributed by atoms with van der Waals surface area (Å²) in [6.07, 6.45) is 0. The van der Waals surface area contributed by atoms with Crippen molar-refractivity contribution < 1.29 is 4.52 Å². The van der Waals surface area contributed by atoms with Gasteiger partial charge in [0.15, 0.2) is 5.16 Å². The molecule has 3 aromatic heterocycles. The summed E-state index contributed by atoms with van der Waals surface area (Å²) in [7, 11) is 0. The number of thiophene rings is 1. The molecule has 0 unspecified atom stereocenters. The molecular formula is C20H20N4O2S2. The monoisotopic (exact) mass is 412 g/mol. The molecule has 0 saturated carbocycles. The van der Waals surface area contributed by atoms with Gasteiger partial charge in [0.05, 0.1) is 11.1 Å². The van der Waals surface area contributed by atoms with E-state index in [0.29, 0.717) is 22.6 Å². The predicted octanol–water partition coefficient (Wildman–Crippen LogP) is 5.00. The van der Waals surface area contributed by atoms with Gasteiger partial charge in [-0.15, -0.1) is 11.3 Å². The van der Waals surface area contributed by atoms with Gasteiger partial charge >= 0.3 is 0 Å². The summed E-state index contributed by atoms with van der Waals surface area (Å²) in [6.45, 7) is 8.00. The Morgan fingerprint density at radius 2 is 1.93 bits per heavy atom. The van der Waals surface area contributed by atoms with Crippen LogP contribution in [0.15, 0.2) is 44.8 Å². The lowest BCUT2D eigenvalue weighted by molar-refractivity contribution is 0.391. The third-order valence-electron chi connectivity index (χ3n) is 4.54. The van der Waals surface area contributed by atoms with Crippen molar-refractivity contribution in [3.8, 4) is 11.4 Å². The molecule has 0 bridgehead atoms. The molecule has 0 aliphatic carbocycles. The van der Waals surface area contributed by atoms with Crippen LogP contribution in [0.3, 0.4) is 0 Å². The molecule has 0 fully saturated rings. The number of rotatable bonds is 5. The smallest absolute Gasteiger partial charge is 0.263 e. The van der Waals surface area contributed by atoms with Crippen LogP contribution in [0.1, 0.15) is 36.2 Å². The second-order valence-electron chi connectivity index (χ2n) is 6.79. The molecule has 1 aromatic carbocycles. The minimum atomic E-state index is 0.00840. The first kappa shape index (κ1) is 18.9. The molecular weight excluding hydrogens is 392 g/mol. The lowest BCUT2D eigenvalue weighted by Gasteiger charge is -2.14. The summed E-state index contributed by atoms with van der Waals surface area (Å²) >= 11 is 3.00. The maximum atomic E-state index is 13.1. The molecule has 0 amide bonds. The molecule has 0 N–H and O–H groups in total. The molecule has 0 radical (unpaired) electrons. The maximum Gasteiger partial charge on any atom is 0.263 e. The molecule has 0 spiro atoms. The van der Waals surface area contributed by atoms with Crippen LogP contribution in [-0.2, 0) is 5.75 Å². The molecule has 8 heteroatoms. The molecule has 6 nitrogen and oxygen atoms in total. The highest BCUT2D eigenvalue weighted by molar-refractivity contribution is 7.98. The second kappa shape index (κ2) is 7.52. The van der Waals surface area contributed by atoms with E-state index in [9.17, 15) is 4.79 Å². The summed E-state index contributed by atoms with van der Waals surface area (Å²) in [6, 6.07) is 9.71. The standard InChI is InChI=1S/C20H20N4O2S2/c1-11(2)24-19(25)16-12(3)13(4)28-18(16)22-20(24)27-10-15-21-17(23-26-15)14-8-6-5-7-9-14/h5-9,11H,10H2,1-4H3. The van der Waals surface area contributed by atoms with Gasteiger partial charge in [0.2, 0.25) is 11.7 Å². The SMILES string of the molecule is Cc1sc2nc(SCc3nc(-c4ccccc4)no3)n(C(C)C)c(=O)c2c1C. The third kappa shape index (κ3) is 3.38. The summed E-state index contributed by atoms with van der Waals surface area (Å²) in [5.74, 6) is 1.52. The van der Waals surface area contributed by atoms with Crippen molar-refractivity contribution in [3.63, 3.8) is 0 Å². The van der Waals surface area contributed by atoms with Gasteiger partial charge in [0.25, 0.3) is 5.56 Å². The van der Waals surface area contributed by atoms with E-state index in [0.717, 1.165) is 26.2 Å². The number of hydrogen-bond donors (Lipinski definition) is 0. The highest BCUT2D eigenvalue weighted by Gasteiger charge is 2.19. The van der Waals surface area contributed by atoms with E-state index >= 15 is 0 Å². The molecule has 0 aliphatic rings. The fraction of sp³-hybridized carbons (Fsp3) is 0.300. The molecule has 0 saturated heterocycles. The molecule has 3 heterocycles. The fourth-order valence-corrected chi connectivity index (χ4v) is 5.03. The van der Waals surface area contributed by atoms with E-state index in [1.807, 2.05) is 58.0 Å². The lowest BCUT2D eigenvalue weighted by atomic mass is 10.2. The Labute approximate surface area is 170 Å². The van der Waals surface area contributed by atoms with Crippen LogP contribution in [0.25, 0.3) is 21.6 Å². The van der Waals surface area contributed by atoms with Crippen molar-refractivity contribution in [1.29, 1.82) is 0 Å². The zero-order valence-corrected chi connectivity index (χ0v) is 17.7. The van der Waals surface area contributed by atoms with E-state index in [4.69, 9.17) is 9.51 Å². The van der Waals surface area contributed by atoms with E-state index in [1.165, 1.54) is 11.8 Å². The summed E-state index contributed by atoms with van der Waals surface area (Å²) in [5, 5.41) is 5.45. The van der Waals surface area contributed by atoms with Gasteiger partial charge in [-0.1, -0.05) is 47.3 Å². The number of fused-ring (bicyclic) bond motifs is 1. The summed E-state index contributed by atoms with van der Waals surface area (Å²) in [4.78, 5) is 24.2. The Bertz CT molecular complexity index is 1190. The number of aromatic nitrogens is 4. The highest BCUT2D eigenvalue weighted by atomic mass is 32.2.